The van der Waals surface area contributed by atoms with E-state index in [2.05, 4.69) is 84.2 Å². The second kappa shape index (κ2) is 8.79. The zero-order valence-corrected chi connectivity index (χ0v) is 14.1. The average molecular weight is 272 g/mol. The van der Waals surface area contributed by atoms with E-state index in [-0.39, 0.29) is 10.8 Å². The van der Waals surface area contributed by atoms with Gasteiger partial charge in [0.25, 0.3) is 0 Å². The maximum Gasteiger partial charge on any atom is 0.0214 e. The molecule has 0 aromatic heterocycles. The fourth-order valence-electron chi connectivity index (χ4n) is 2.72. The van der Waals surface area contributed by atoms with Gasteiger partial charge in [-0.2, -0.15) is 0 Å². The Morgan fingerprint density at radius 2 is 1.75 bits per heavy atom. The summed E-state index contributed by atoms with van der Waals surface area (Å²) in [6.45, 7) is 18.9. The zero-order valence-electron chi connectivity index (χ0n) is 14.1. The standard InChI is InChI=1S/C20H32/c1-8-13-16-20(17-14-9-2,19(6,7)12-5)18(11-4)15-10-3/h8,10-14,17H,3,5,9,15-16H2,1-2,4,6-7H3. The summed E-state index contributed by atoms with van der Waals surface area (Å²) in [7, 11) is 0. The summed E-state index contributed by atoms with van der Waals surface area (Å²) in [4.78, 5) is 0. The van der Waals surface area contributed by atoms with Gasteiger partial charge in [-0.25, -0.2) is 0 Å². The molecule has 0 amide bonds. The van der Waals surface area contributed by atoms with Crippen LogP contribution in [-0.2, 0) is 0 Å². The van der Waals surface area contributed by atoms with Crippen molar-refractivity contribution in [2.45, 2.75) is 53.9 Å². The van der Waals surface area contributed by atoms with Crippen LogP contribution in [0.5, 0.6) is 0 Å². The third-order valence-corrected chi connectivity index (χ3v) is 4.26. The van der Waals surface area contributed by atoms with Crippen LogP contribution in [0.2, 0.25) is 0 Å². The van der Waals surface area contributed by atoms with Crippen molar-refractivity contribution in [1.29, 1.82) is 0 Å². The largest absolute Gasteiger partial charge is 0.103 e. The first-order valence-corrected chi connectivity index (χ1v) is 7.64. The van der Waals surface area contributed by atoms with E-state index in [1.165, 1.54) is 5.57 Å². The summed E-state index contributed by atoms with van der Waals surface area (Å²) >= 11 is 0. The molecule has 0 heteroatoms. The first kappa shape index (κ1) is 18.7. The van der Waals surface area contributed by atoms with Gasteiger partial charge >= 0.3 is 0 Å². The van der Waals surface area contributed by atoms with Crippen LogP contribution in [0.25, 0.3) is 0 Å². The van der Waals surface area contributed by atoms with Crippen LogP contribution in [0.15, 0.2) is 61.3 Å². The molecule has 0 aliphatic heterocycles. The Kier molecular flexibility index (Phi) is 8.22. The van der Waals surface area contributed by atoms with E-state index in [4.69, 9.17) is 0 Å². The van der Waals surface area contributed by atoms with Crippen molar-refractivity contribution in [2.75, 3.05) is 0 Å². The molecule has 0 N–H and O–H groups in total. The van der Waals surface area contributed by atoms with Crippen LogP contribution < -0.4 is 0 Å². The van der Waals surface area contributed by atoms with Gasteiger partial charge in [0, 0.05) is 5.41 Å². The van der Waals surface area contributed by atoms with Crippen molar-refractivity contribution in [1.82, 2.24) is 0 Å². The smallest absolute Gasteiger partial charge is 0.0214 e. The molecule has 0 aliphatic rings. The fraction of sp³-hybridized carbons (Fsp3) is 0.500. The number of hydrogen-bond donors (Lipinski definition) is 0. The van der Waals surface area contributed by atoms with Gasteiger partial charge < -0.3 is 0 Å². The predicted octanol–water partition coefficient (Wildman–Crippen LogP) is 6.64. The Balaban J connectivity index is 6.09. The van der Waals surface area contributed by atoms with Gasteiger partial charge in [0.1, 0.15) is 0 Å². The lowest BCUT2D eigenvalue weighted by molar-refractivity contribution is 0.227. The summed E-state index contributed by atoms with van der Waals surface area (Å²) in [5, 5.41) is 0. The highest BCUT2D eigenvalue weighted by atomic mass is 14.4. The minimum atomic E-state index is -0.0276. The lowest BCUT2D eigenvalue weighted by atomic mass is 9.58. The highest BCUT2D eigenvalue weighted by Crippen LogP contribution is 2.51. The maximum absolute atomic E-state index is 4.08. The Labute approximate surface area is 126 Å². The van der Waals surface area contributed by atoms with E-state index in [1.54, 1.807) is 0 Å². The average Bonchev–Trinajstić information content (AvgIpc) is 2.45. The molecule has 0 saturated carbocycles. The first-order valence-electron chi connectivity index (χ1n) is 7.64. The molecule has 0 radical (unpaired) electrons. The van der Waals surface area contributed by atoms with Crippen LogP contribution in [0.3, 0.4) is 0 Å². The molecule has 0 aromatic rings. The van der Waals surface area contributed by atoms with Crippen molar-refractivity contribution in [3.63, 3.8) is 0 Å². The quantitative estimate of drug-likeness (QED) is 0.413. The van der Waals surface area contributed by atoms with Gasteiger partial charge in [0.15, 0.2) is 0 Å². The summed E-state index contributed by atoms with van der Waals surface area (Å²) in [5.74, 6) is 0. The number of hydrogen-bond acceptors (Lipinski definition) is 0. The molecule has 0 nitrogen and oxygen atoms in total. The third-order valence-electron chi connectivity index (χ3n) is 4.26. The van der Waals surface area contributed by atoms with Crippen molar-refractivity contribution < 1.29 is 0 Å². The fourth-order valence-corrected chi connectivity index (χ4v) is 2.72. The van der Waals surface area contributed by atoms with Crippen LogP contribution >= 0.6 is 0 Å². The predicted molar refractivity (Wildman–Crippen MR) is 93.8 cm³/mol. The molecule has 112 valence electrons. The van der Waals surface area contributed by atoms with Gasteiger partial charge in [0.05, 0.1) is 0 Å². The monoisotopic (exact) mass is 272 g/mol. The van der Waals surface area contributed by atoms with Gasteiger partial charge in [-0.15, -0.1) is 13.2 Å². The summed E-state index contributed by atoms with van der Waals surface area (Å²) < 4.78 is 0. The van der Waals surface area contributed by atoms with Crippen LogP contribution in [-0.4, -0.2) is 0 Å². The van der Waals surface area contributed by atoms with Gasteiger partial charge in [0.2, 0.25) is 0 Å². The second-order valence-corrected chi connectivity index (χ2v) is 5.79. The molecule has 0 saturated heterocycles. The van der Waals surface area contributed by atoms with Gasteiger partial charge in [-0.05, 0) is 38.5 Å². The molecule has 0 aliphatic carbocycles. The van der Waals surface area contributed by atoms with Crippen molar-refractivity contribution >= 4 is 0 Å². The van der Waals surface area contributed by atoms with E-state index in [1.807, 2.05) is 6.08 Å². The van der Waals surface area contributed by atoms with E-state index >= 15 is 0 Å². The van der Waals surface area contributed by atoms with Crippen molar-refractivity contribution in [2.24, 2.45) is 10.8 Å². The van der Waals surface area contributed by atoms with Crippen molar-refractivity contribution in [3.05, 3.63) is 61.3 Å². The molecule has 1 unspecified atom stereocenters. The topological polar surface area (TPSA) is 0 Å². The second-order valence-electron chi connectivity index (χ2n) is 5.79. The molecular formula is C20H32. The Morgan fingerprint density at radius 3 is 2.15 bits per heavy atom. The van der Waals surface area contributed by atoms with Crippen LogP contribution in [0.1, 0.15) is 53.9 Å². The molecule has 0 heterocycles. The van der Waals surface area contributed by atoms with Gasteiger partial charge in [-0.1, -0.05) is 68.9 Å². The molecule has 20 heavy (non-hydrogen) atoms. The summed E-state index contributed by atoms with van der Waals surface area (Å²) in [5.41, 5.74) is 1.38. The number of rotatable bonds is 9. The normalized spacial score (nSPS) is 16.6. The lowest BCUT2D eigenvalue weighted by Crippen LogP contribution is -2.36. The molecule has 0 spiro atoms. The van der Waals surface area contributed by atoms with E-state index in [0.29, 0.717) is 0 Å². The van der Waals surface area contributed by atoms with E-state index in [0.717, 1.165) is 19.3 Å². The maximum atomic E-state index is 4.08. The zero-order chi connectivity index (χ0) is 15.6. The highest BCUT2D eigenvalue weighted by Gasteiger charge is 2.42. The van der Waals surface area contributed by atoms with E-state index in [9.17, 15) is 0 Å². The molecule has 0 bridgehead atoms. The molecule has 0 rings (SSSR count). The molecule has 0 fully saturated rings. The third kappa shape index (κ3) is 4.10. The molecule has 0 aromatic carbocycles. The minimum Gasteiger partial charge on any atom is -0.103 e. The first-order chi connectivity index (χ1) is 9.45. The lowest BCUT2D eigenvalue weighted by Gasteiger charge is -2.45. The Hall–Kier alpha value is -1.30. The summed E-state index contributed by atoms with van der Waals surface area (Å²) in [6, 6.07) is 0. The Morgan fingerprint density at radius 1 is 1.10 bits per heavy atom. The van der Waals surface area contributed by atoms with Crippen LogP contribution in [0.4, 0.5) is 0 Å². The highest BCUT2D eigenvalue weighted by molar-refractivity contribution is 5.31. The van der Waals surface area contributed by atoms with Crippen molar-refractivity contribution in [3.8, 4) is 0 Å². The SMILES string of the molecule is C=CCC(=CC)C(C=CCC)(CC=CC)C(C)(C)C=C. The van der Waals surface area contributed by atoms with E-state index < -0.39 is 0 Å². The summed E-state index contributed by atoms with van der Waals surface area (Å²) in [6.07, 6.45) is 18.3. The number of allylic oxidation sites excluding steroid dienone is 8. The van der Waals surface area contributed by atoms with Crippen LogP contribution in [0, 0.1) is 10.8 Å². The molecular weight excluding hydrogens is 240 g/mol. The molecule has 1 atom stereocenters. The minimum absolute atomic E-state index is 0.0109. The van der Waals surface area contributed by atoms with Gasteiger partial charge in [-0.3, -0.25) is 0 Å². The Bertz CT molecular complexity index is 390.